The van der Waals surface area contributed by atoms with Crippen molar-refractivity contribution in [1.29, 1.82) is 0 Å². The number of carbonyl (C=O) groups is 2. The van der Waals surface area contributed by atoms with Crippen LogP contribution in [0.15, 0.2) is 24.3 Å². The predicted molar refractivity (Wildman–Crippen MR) is 93.4 cm³/mol. The summed E-state index contributed by atoms with van der Waals surface area (Å²) >= 11 is 7.15. The molecule has 7 heteroatoms. The van der Waals surface area contributed by atoms with Gasteiger partial charge in [0.25, 0.3) is 5.91 Å². The highest BCUT2D eigenvalue weighted by Crippen LogP contribution is 2.29. The van der Waals surface area contributed by atoms with Gasteiger partial charge >= 0.3 is 5.97 Å². The molecule has 1 saturated heterocycles. The van der Waals surface area contributed by atoms with Crippen LogP contribution in [0.4, 0.5) is 0 Å². The summed E-state index contributed by atoms with van der Waals surface area (Å²) in [6.07, 6.45) is 1.59. The van der Waals surface area contributed by atoms with Crippen LogP contribution < -0.4 is 5.32 Å². The van der Waals surface area contributed by atoms with Crippen molar-refractivity contribution < 1.29 is 14.3 Å². The molecule has 1 N–H and O–H groups in total. The van der Waals surface area contributed by atoms with Gasteiger partial charge in [0.2, 0.25) is 0 Å². The lowest BCUT2D eigenvalue weighted by atomic mass is 10.2. The van der Waals surface area contributed by atoms with Gasteiger partial charge in [-0.05, 0) is 38.3 Å². The van der Waals surface area contributed by atoms with Crippen LogP contribution >= 0.6 is 22.9 Å². The number of ether oxygens (including phenoxy) is 1. The van der Waals surface area contributed by atoms with E-state index in [-0.39, 0.29) is 5.91 Å². The Morgan fingerprint density at radius 2 is 2.08 bits per heavy atom. The summed E-state index contributed by atoms with van der Waals surface area (Å²) in [5, 5.41) is 4.13. The molecule has 1 aliphatic rings. The molecule has 0 spiro atoms. The van der Waals surface area contributed by atoms with Crippen molar-refractivity contribution in [2.75, 3.05) is 6.54 Å². The third-order valence-corrected chi connectivity index (χ3v) is 5.25. The number of nitrogens with one attached hydrogen (secondary N) is 1. The van der Waals surface area contributed by atoms with Gasteiger partial charge in [0.05, 0.1) is 5.69 Å². The molecule has 126 valence electrons. The first-order valence-electron chi connectivity index (χ1n) is 7.76. The standard InChI is InChI=1S/C17H17ClN2O3S/c1-10-14(17(22)23-13-4-2-3-9-19-15(13)21)24-16(20-10)11-5-7-12(18)8-6-11/h5-8,13H,2-4,9H2,1H3,(H,19,21)/t13-/m1/s1. The largest absolute Gasteiger partial charge is 0.448 e. The van der Waals surface area contributed by atoms with E-state index in [1.807, 2.05) is 12.1 Å². The average Bonchev–Trinajstić information content (AvgIpc) is 2.84. The predicted octanol–water partition coefficient (Wildman–Crippen LogP) is 3.60. The SMILES string of the molecule is Cc1nc(-c2ccc(Cl)cc2)sc1C(=O)O[C@@H]1CCCCNC1=O. The Kier molecular flexibility index (Phi) is 5.16. The molecule has 3 rings (SSSR count). The number of benzene rings is 1. The van der Waals surface area contributed by atoms with E-state index in [9.17, 15) is 9.59 Å². The first kappa shape index (κ1) is 16.9. The monoisotopic (exact) mass is 364 g/mol. The van der Waals surface area contributed by atoms with Gasteiger partial charge in [-0.2, -0.15) is 0 Å². The summed E-state index contributed by atoms with van der Waals surface area (Å²) in [6.45, 7) is 2.40. The normalized spacial score (nSPS) is 17.9. The third kappa shape index (κ3) is 3.76. The van der Waals surface area contributed by atoms with Gasteiger partial charge in [-0.1, -0.05) is 23.7 Å². The second-order valence-electron chi connectivity index (χ2n) is 5.62. The fraction of sp³-hybridized carbons (Fsp3) is 0.353. The lowest BCUT2D eigenvalue weighted by Gasteiger charge is -2.13. The van der Waals surface area contributed by atoms with E-state index in [4.69, 9.17) is 16.3 Å². The van der Waals surface area contributed by atoms with Gasteiger partial charge in [-0.25, -0.2) is 9.78 Å². The van der Waals surface area contributed by atoms with Gasteiger partial charge < -0.3 is 10.1 Å². The highest BCUT2D eigenvalue weighted by molar-refractivity contribution is 7.17. The van der Waals surface area contributed by atoms with Crippen LogP contribution in [-0.4, -0.2) is 29.5 Å². The number of nitrogens with zero attached hydrogens (tertiary/aromatic N) is 1. The molecule has 24 heavy (non-hydrogen) atoms. The Morgan fingerprint density at radius 3 is 2.83 bits per heavy atom. The van der Waals surface area contributed by atoms with Crippen LogP contribution in [0.2, 0.25) is 5.02 Å². The number of amides is 1. The molecule has 0 bridgehead atoms. The van der Waals surface area contributed by atoms with Crippen molar-refractivity contribution in [3.63, 3.8) is 0 Å². The Bertz CT molecular complexity index is 758. The van der Waals surface area contributed by atoms with Gasteiger partial charge in [0.1, 0.15) is 9.88 Å². The first-order valence-corrected chi connectivity index (χ1v) is 8.96. The summed E-state index contributed by atoms with van der Waals surface area (Å²) in [5.74, 6) is -0.715. The Balaban J connectivity index is 1.77. The fourth-order valence-electron chi connectivity index (χ4n) is 2.51. The minimum atomic E-state index is -0.722. The van der Waals surface area contributed by atoms with E-state index in [2.05, 4.69) is 10.3 Å². The van der Waals surface area contributed by atoms with E-state index in [0.717, 1.165) is 23.4 Å². The van der Waals surface area contributed by atoms with Crippen molar-refractivity contribution in [2.45, 2.75) is 32.3 Å². The molecule has 2 heterocycles. The van der Waals surface area contributed by atoms with Crippen LogP contribution in [0, 0.1) is 6.92 Å². The second kappa shape index (κ2) is 7.32. The van der Waals surface area contributed by atoms with Crippen molar-refractivity contribution in [3.8, 4) is 10.6 Å². The van der Waals surface area contributed by atoms with Gasteiger partial charge in [0, 0.05) is 17.1 Å². The summed E-state index contributed by atoms with van der Waals surface area (Å²) in [5.41, 5.74) is 1.49. The summed E-state index contributed by atoms with van der Waals surface area (Å²) in [6, 6.07) is 7.27. The number of esters is 1. The maximum Gasteiger partial charge on any atom is 0.351 e. The number of rotatable bonds is 3. The molecule has 1 aromatic carbocycles. The third-order valence-electron chi connectivity index (χ3n) is 3.81. The zero-order valence-electron chi connectivity index (χ0n) is 13.2. The zero-order valence-corrected chi connectivity index (χ0v) is 14.7. The van der Waals surface area contributed by atoms with Gasteiger partial charge in [-0.3, -0.25) is 4.79 Å². The van der Waals surface area contributed by atoms with Crippen molar-refractivity contribution in [3.05, 3.63) is 39.9 Å². The Labute approximate surface area is 149 Å². The molecular weight excluding hydrogens is 348 g/mol. The van der Waals surface area contributed by atoms with Gasteiger partial charge in [-0.15, -0.1) is 11.3 Å². The number of aromatic nitrogens is 1. The number of aryl methyl sites for hydroxylation is 1. The summed E-state index contributed by atoms with van der Waals surface area (Å²) < 4.78 is 5.42. The van der Waals surface area contributed by atoms with Crippen LogP contribution in [0.25, 0.3) is 10.6 Å². The van der Waals surface area contributed by atoms with Crippen LogP contribution in [0.3, 0.4) is 0 Å². The van der Waals surface area contributed by atoms with E-state index in [1.165, 1.54) is 11.3 Å². The van der Waals surface area contributed by atoms with Crippen LogP contribution in [0.5, 0.6) is 0 Å². The van der Waals surface area contributed by atoms with Crippen molar-refractivity contribution in [2.24, 2.45) is 0 Å². The highest BCUT2D eigenvalue weighted by Gasteiger charge is 2.27. The Hall–Kier alpha value is -1.92. The van der Waals surface area contributed by atoms with E-state index in [0.29, 0.717) is 28.6 Å². The number of halogens is 1. The average molecular weight is 365 g/mol. The minimum Gasteiger partial charge on any atom is -0.448 e. The first-order chi connectivity index (χ1) is 11.5. The maximum absolute atomic E-state index is 12.4. The van der Waals surface area contributed by atoms with E-state index < -0.39 is 12.1 Å². The Morgan fingerprint density at radius 1 is 1.33 bits per heavy atom. The molecular formula is C17H17ClN2O3S. The molecule has 1 aliphatic heterocycles. The molecule has 2 aromatic rings. The molecule has 1 amide bonds. The molecule has 0 aliphatic carbocycles. The number of hydrogen-bond donors (Lipinski definition) is 1. The lowest BCUT2D eigenvalue weighted by Crippen LogP contribution is -2.36. The molecule has 0 unspecified atom stereocenters. The quantitative estimate of drug-likeness (QED) is 0.845. The van der Waals surface area contributed by atoms with Gasteiger partial charge in [0.15, 0.2) is 6.10 Å². The molecule has 0 saturated carbocycles. The zero-order chi connectivity index (χ0) is 17.1. The summed E-state index contributed by atoms with van der Waals surface area (Å²) in [4.78, 5) is 29.2. The van der Waals surface area contributed by atoms with Crippen LogP contribution in [0.1, 0.15) is 34.6 Å². The number of thiazole rings is 1. The second-order valence-corrected chi connectivity index (χ2v) is 7.06. The molecule has 0 radical (unpaired) electrons. The topological polar surface area (TPSA) is 68.3 Å². The molecule has 1 aromatic heterocycles. The lowest BCUT2D eigenvalue weighted by molar-refractivity contribution is -0.129. The molecule has 5 nitrogen and oxygen atoms in total. The minimum absolute atomic E-state index is 0.221. The number of hydrogen-bond acceptors (Lipinski definition) is 5. The molecule has 1 fully saturated rings. The maximum atomic E-state index is 12.4. The van der Waals surface area contributed by atoms with Crippen molar-refractivity contribution in [1.82, 2.24) is 10.3 Å². The molecule has 1 atom stereocenters. The number of carbonyl (C=O) groups excluding carboxylic acids is 2. The van der Waals surface area contributed by atoms with Crippen molar-refractivity contribution >= 4 is 34.8 Å². The van der Waals surface area contributed by atoms with E-state index in [1.54, 1.807) is 19.1 Å². The smallest absolute Gasteiger partial charge is 0.351 e. The van der Waals surface area contributed by atoms with Crippen LogP contribution in [-0.2, 0) is 9.53 Å². The highest BCUT2D eigenvalue weighted by atomic mass is 35.5. The fourth-order valence-corrected chi connectivity index (χ4v) is 3.59. The van der Waals surface area contributed by atoms with E-state index >= 15 is 0 Å². The summed E-state index contributed by atoms with van der Waals surface area (Å²) in [7, 11) is 0.